The second-order valence-electron chi connectivity index (χ2n) is 7.88. The van der Waals surface area contributed by atoms with Crippen molar-refractivity contribution >= 4 is 35.2 Å². The highest BCUT2D eigenvalue weighted by molar-refractivity contribution is 7.99. The van der Waals surface area contributed by atoms with Gasteiger partial charge in [-0.2, -0.15) is 5.10 Å². The molecule has 2 heterocycles. The largest absolute Gasteiger partial charge is 0.299 e. The summed E-state index contributed by atoms with van der Waals surface area (Å²) in [6.45, 7) is 4.11. The van der Waals surface area contributed by atoms with Crippen LogP contribution < -0.4 is 5.43 Å². The molecule has 1 aromatic carbocycles. The van der Waals surface area contributed by atoms with E-state index in [1.807, 2.05) is 18.4 Å². The van der Waals surface area contributed by atoms with Gasteiger partial charge in [0.25, 0.3) is 5.91 Å². The van der Waals surface area contributed by atoms with Crippen LogP contribution >= 0.6 is 23.1 Å². The number of carbonyl (C=O) groups is 1. The molecule has 1 aliphatic rings. The topological polar surface area (TPSA) is 72.2 Å². The van der Waals surface area contributed by atoms with Crippen LogP contribution in [0.5, 0.6) is 0 Å². The maximum Gasteiger partial charge on any atom is 0.250 e. The van der Waals surface area contributed by atoms with E-state index in [-0.39, 0.29) is 11.7 Å². The number of hydrazone groups is 1. The van der Waals surface area contributed by atoms with E-state index in [9.17, 15) is 4.79 Å². The Kier molecular flexibility index (Phi) is 7.19. The molecule has 6 nitrogen and oxygen atoms in total. The van der Waals surface area contributed by atoms with Crippen molar-refractivity contribution < 1.29 is 4.79 Å². The zero-order valence-corrected chi connectivity index (χ0v) is 19.5. The molecule has 2 aromatic heterocycles. The average Bonchev–Trinajstić information content (AvgIpc) is 3.39. The first kappa shape index (κ1) is 21.8. The van der Waals surface area contributed by atoms with Crippen molar-refractivity contribution in [3.63, 3.8) is 0 Å². The van der Waals surface area contributed by atoms with Gasteiger partial charge in [-0.3, -0.25) is 9.36 Å². The van der Waals surface area contributed by atoms with Crippen LogP contribution in [0.1, 0.15) is 54.1 Å². The van der Waals surface area contributed by atoms with Crippen molar-refractivity contribution in [2.75, 3.05) is 5.75 Å². The van der Waals surface area contributed by atoms with Gasteiger partial charge in [-0.1, -0.05) is 60.9 Å². The Balaban J connectivity index is 1.47. The first-order valence-corrected chi connectivity index (χ1v) is 12.5. The third-order valence-electron chi connectivity index (χ3n) is 5.52. The predicted molar refractivity (Wildman–Crippen MR) is 128 cm³/mol. The molecule has 4 rings (SSSR count). The van der Waals surface area contributed by atoms with E-state index in [4.69, 9.17) is 0 Å². The number of aryl methyl sites for hydroxylation is 2. The highest BCUT2D eigenvalue weighted by Gasteiger charge is 2.24. The lowest BCUT2D eigenvalue weighted by Crippen LogP contribution is -2.20. The molecule has 8 heteroatoms. The Hall–Kier alpha value is -2.45. The number of thioether (sulfide) groups is 1. The maximum absolute atomic E-state index is 12.3. The summed E-state index contributed by atoms with van der Waals surface area (Å²) in [6, 6.07) is 10.8. The molecule has 1 aliphatic carbocycles. The highest BCUT2D eigenvalue weighted by Crippen LogP contribution is 2.35. The number of thiophene rings is 1. The summed E-state index contributed by atoms with van der Waals surface area (Å²) < 4.78 is 2.25. The predicted octanol–water partition coefficient (Wildman–Crippen LogP) is 5.37. The fourth-order valence-corrected chi connectivity index (χ4v) is 5.37. The summed E-state index contributed by atoms with van der Waals surface area (Å²) in [5.41, 5.74) is 6.06. The SMILES string of the molecule is Cc1ccc(-c2nnc(SCC(=O)N/N=C/c3sccc3C)n2C2CCCCC2)cc1. The number of amides is 1. The number of nitrogens with zero attached hydrogens (tertiary/aromatic N) is 4. The van der Waals surface area contributed by atoms with E-state index < -0.39 is 0 Å². The quantitative estimate of drug-likeness (QED) is 0.296. The minimum Gasteiger partial charge on any atom is -0.299 e. The monoisotopic (exact) mass is 453 g/mol. The van der Waals surface area contributed by atoms with Gasteiger partial charge in [-0.15, -0.1) is 21.5 Å². The normalized spacial score (nSPS) is 14.9. The molecular weight excluding hydrogens is 426 g/mol. The molecule has 0 radical (unpaired) electrons. The van der Waals surface area contributed by atoms with E-state index in [2.05, 4.69) is 56.5 Å². The van der Waals surface area contributed by atoms with E-state index in [1.54, 1.807) is 17.6 Å². The number of hydrogen-bond donors (Lipinski definition) is 1. The minimum absolute atomic E-state index is 0.148. The zero-order valence-electron chi connectivity index (χ0n) is 17.9. The van der Waals surface area contributed by atoms with Gasteiger partial charge in [0.1, 0.15) is 0 Å². The van der Waals surface area contributed by atoms with E-state index in [1.165, 1.54) is 36.6 Å². The Morgan fingerprint density at radius 2 is 1.97 bits per heavy atom. The van der Waals surface area contributed by atoms with Gasteiger partial charge in [0.05, 0.1) is 12.0 Å². The van der Waals surface area contributed by atoms with E-state index >= 15 is 0 Å². The fourth-order valence-electron chi connectivity index (χ4n) is 3.79. The van der Waals surface area contributed by atoms with Crippen LogP contribution in [-0.2, 0) is 4.79 Å². The molecule has 0 aliphatic heterocycles. The summed E-state index contributed by atoms with van der Waals surface area (Å²) in [7, 11) is 0. The number of nitrogens with one attached hydrogen (secondary N) is 1. The standard InChI is InChI=1S/C23H27N5OS2/c1-16-8-10-18(11-9-16)22-26-27-23(28(22)19-6-4-3-5-7-19)31-15-21(29)25-24-14-20-17(2)12-13-30-20/h8-14,19H,3-7,15H2,1-2H3,(H,25,29)/b24-14+. The number of aromatic nitrogens is 3. The molecule has 0 unspecified atom stereocenters. The van der Waals surface area contributed by atoms with Crippen molar-refractivity contribution in [3.05, 3.63) is 51.7 Å². The third-order valence-corrected chi connectivity index (χ3v) is 7.42. The second-order valence-corrected chi connectivity index (χ2v) is 9.77. The average molecular weight is 454 g/mol. The maximum atomic E-state index is 12.3. The van der Waals surface area contributed by atoms with E-state index in [0.29, 0.717) is 6.04 Å². The van der Waals surface area contributed by atoms with Crippen LogP contribution in [0.15, 0.2) is 46.0 Å². The lowest BCUT2D eigenvalue weighted by molar-refractivity contribution is -0.118. The molecule has 1 N–H and O–H groups in total. The Labute approximate surface area is 191 Å². The highest BCUT2D eigenvalue weighted by atomic mass is 32.2. The van der Waals surface area contributed by atoms with Crippen LogP contribution in [-0.4, -0.2) is 32.6 Å². The minimum atomic E-state index is -0.148. The van der Waals surface area contributed by atoms with Crippen molar-refractivity contribution in [2.24, 2.45) is 5.10 Å². The molecule has 0 saturated heterocycles. The van der Waals surface area contributed by atoms with Gasteiger partial charge in [-0.25, -0.2) is 5.43 Å². The van der Waals surface area contributed by atoms with Crippen LogP contribution in [0.2, 0.25) is 0 Å². The smallest absolute Gasteiger partial charge is 0.250 e. The molecule has 1 saturated carbocycles. The summed E-state index contributed by atoms with van der Waals surface area (Å²) in [5, 5.41) is 15.9. The molecule has 0 bridgehead atoms. The fraction of sp³-hybridized carbons (Fsp3) is 0.391. The Bertz CT molecular complexity index is 1050. The molecule has 0 atom stereocenters. The number of rotatable bonds is 7. The molecular formula is C23H27N5OS2. The number of benzene rings is 1. The number of hydrogen-bond acceptors (Lipinski definition) is 6. The van der Waals surface area contributed by atoms with Gasteiger partial charge in [0.15, 0.2) is 11.0 Å². The Morgan fingerprint density at radius 1 is 1.19 bits per heavy atom. The molecule has 3 aromatic rings. The summed E-state index contributed by atoms with van der Waals surface area (Å²) in [4.78, 5) is 13.4. The van der Waals surface area contributed by atoms with Gasteiger partial charge in [-0.05, 0) is 43.7 Å². The number of carbonyl (C=O) groups excluding carboxylic acids is 1. The summed E-state index contributed by atoms with van der Waals surface area (Å²) >= 11 is 3.03. The van der Waals surface area contributed by atoms with Crippen molar-refractivity contribution in [1.29, 1.82) is 0 Å². The van der Waals surface area contributed by atoms with Crippen molar-refractivity contribution in [3.8, 4) is 11.4 Å². The first-order chi connectivity index (χ1) is 15.1. The van der Waals surface area contributed by atoms with Crippen LogP contribution in [0.4, 0.5) is 0 Å². The zero-order chi connectivity index (χ0) is 21.6. The molecule has 1 fully saturated rings. The van der Waals surface area contributed by atoms with Crippen molar-refractivity contribution in [1.82, 2.24) is 20.2 Å². The lowest BCUT2D eigenvalue weighted by Gasteiger charge is -2.25. The van der Waals surface area contributed by atoms with Gasteiger partial charge >= 0.3 is 0 Å². The summed E-state index contributed by atoms with van der Waals surface area (Å²) in [6.07, 6.45) is 7.67. The van der Waals surface area contributed by atoms with Crippen LogP contribution in [0, 0.1) is 13.8 Å². The summed E-state index contributed by atoms with van der Waals surface area (Å²) in [5.74, 6) is 0.992. The van der Waals surface area contributed by atoms with Gasteiger partial charge in [0, 0.05) is 16.5 Å². The van der Waals surface area contributed by atoms with Crippen LogP contribution in [0.25, 0.3) is 11.4 Å². The van der Waals surface area contributed by atoms with E-state index in [0.717, 1.165) is 39.8 Å². The molecule has 162 valence electrons. The third kappa shape index (κ3) is 5.43. The van der Waals surface area contributed by atoms with Crippen LogP contribution in [0.3, 0.4) is 0 Å². The Morgan fingerprint density at radius 3 is 2.68 bits per heavy atom. The van der Waals surface area contributed by atoms with Gasteiger partial charge < -0.3 is 0 Å². The lowest BCUT2D eigenvalue weighted by atomic mass is 9.95. The molecule has 0 spiro atoms. The molecule has 1 amide bonds. The van der Waals surface area contributed by atoms with Gasteiger partial charge in [0.2, 0.25) is 0 Å². The molecule has 31 heavy (non-hydrogen) atoms. The second kappa shape index (κ2) is 10.2. The van der Waals surface area contributed by atoms with Crippen molar-refractivity contribution in [2.45, 2.75) is 57.1 Å². The first-order valence-electron chi connectivity index (χ1n) is 10.6.